The van der Waals surface area contributed by atoms with Crippen LogP contribution in [0.4, 0.5) is 0 Å². The van der Waals surface area contributed by atoms with Gasteiger partial charge in [0.2, 0.25) is 0 Å². The molecule has 3 rings (SSSR count). The van der Waals surface area contributed by atoms with Crippen LogP contribution in [0.2, 0.25) is 0 Å². The largest absolute Gasteiger partial charge is 0.497 e. The summed E-state index contributed by atoms with van der Waals surface area (Å²) in [6, 6.07) is 7.74. The molecule has 0 radical (unpaired) electrons. The van der Waals surface area contributed by atoms with Gasteiger partial charge in [-0.3, -0.25) is 4.99 Å². The van der Waals surface area contributed by atoms with Gasteiger partial charge in [-0.1, -0.05) is 6.07 Å². The molecule has 0 saturated carbocycles. The minimum Gasteiger partial charge on any atom is -0.497 e. The zero-order valence-corrected chi connectivity index (χ0v) is 20.3. The Labute approximate surface area is 193 Å². The molecule has 2 saturated heterocycles. The number of nitrogens with one attached hydrogen (secondary N) is 1. The van der Waals surface area contributed by atoms with E-state index in [4.69, 9.17) is 14.5 Å². The average molecular weight is 516 g/mol. The topological polar surface area (TPSA) is 49.3 Å². The van der Waals surface area contributed by atoms with E-state index >= 15 is 0 Å². The lowest BCUT2D eigenvalue weighted by Gasteiger charge is -2.23. The molecule has 7 heteroatoms. The van der Waals surface area contributed by atoms with Gasteiger partial charge < -0.3 is 24.6 Å². The van der Waals surface area contributed by atoms with Crippen LogP contribution < -0.4 is 14.8 Å². The van der Waals surface area contributed by atoms with Gasteiger partial charge in [0.05, 0.1) is 13.7 Å². The molecule has 2 aliphatic heterocycles. The van der Waals surface area contributed by atoms with Crippen LogP contribution in [0, 0.1) is 5.92 Å². The molecule has 1 unspecified atom stereocenters. The van der Waals surface area contributed by atoms with E-state index in [0.717, 1.165) is 56.0 Å². The lowest BCUT2D eigenvalue weighted by molar-refractivity contribution is 0.281. The van der Waals surface area contributed by atoms with Crippen LogP contribution in [-0.4, -0.2) is 75.3 Å². The summed E-state index contributed by atoms with van der Waals surface area (Å²) in [5.74, 6) is 3.51. The highest BCUT2D eigenvalue weighted by Gasteiger charge is 2.27. The predicted molar refractivity (Wildman–Crippen MR) is 130 cm³/mol. The van der Waals surface area contributed by atoms with Crippen molar-refractivity contribution in [1.82, 2.24) is 15.1 Å². The maximum atomic E-state index is 5.82. The molecule has 1 atom stereocenters. The molecular weight excluding hydrogens is 479 g/mol. The first-order valence-corrected chi connectivity index (χ1v) is 10.8. The number of methoxy groups -OCH3 is 1. The van der Waals surface area contributed by atoms with Gasteiger partial charge in [0.25, 0.3) is 0 Å². The molecule has 0 aromatic heterocycles. The molecule has 1 N–H and O–H groups in total. The van der Waals surface area contributed by atoms with Gasteiger partial charge in [0.1, 0.15) is 11.5 Å². The maximum absolute atomic E-state index is 5.82. The van der Waals surface area contributed by atoms with E-state index in [-0.39, 0.29) is 24.0 Å². The fourth-order valence-electron chi connectivity index (χ4n) is 4.06. The molecule has 6 nitrogen and oxygen atoms in total. The summed E-state index contributed by atoms with van der Waals surface area (Å²) in [4.78, 5) is 9.91. The molecular formula is C22H37IN4O2. The summed E-state index contributed by atoms with van der Waals surface area (Å²) in [6.07, 6.45) is 4.92. The number of guanidine groups is 1. The van der Waals surface area contributed by atoms with Gasteiger partial charge in [-0.15, -0.1) is 24.0 Å². The number of ether oxygens (including phenoxy) is 2. The summed E-state index contributed by atoms with van der Waals surface area (Å²) < 4.78 is 11.0. The van der Waals surface area contributed by atoms with Crippen molar-refractivity contribution in [1.29, 1.82) is 0 Å². The Morgan fingerprint density at radius 3 is 2.76 bits per heavy atom. The molecule has 164 valence electrons. The number of hydrogen-bond acceptors (Lipinski definition) is 4. The number of benzene rings is 1. The van der Waals surface area contributed by atoms with Crippen molar-refractivity contribution in [3.63, 3.8) is 0 Å². The van der Waals surface area contributed by atoms with E-state index in [1.165, 1.54) is 38.9 Å². The minimum atomic E-state index is 0. The van der Waals surface area contributed by atoms with Gasteiger partial charge in [-0.25, -0.2) is 0 Å². The maximum Gasteiger partial charge on any atom is 0.193 e. The standard InChI is InChI=1S/C22H36N4O2.HI/c1-3-23-22(26-14-10-19(18-26)17-25-12-4-5-13-25)24-11-7-15-28-21-9-6-8-20(16-21)27-2;/h6,8-9,16,19H,3-5,7,10-15,17-18H2,1-2H3,(H,23,24);1H. The number of rotatable bonds is 9. The average Bonchev–Trinajstić information content (AvgIpc) is 3.40. The molecule has 2 aliphatic rings. The third-order valence-corrected chi connectivity index (χ3v) is 5.51. The van der Waals surface area contributed by atoms with E-state index < -0.39 is 0 Å². The van der Waals surface area contributed by atoms with Gasteiger partial charge >= 0.3 is 0 Å². The zero-order chi connectivity index (χ0) is 19.6. The van der Waals surface area contributed by atoms with E-state index in [1.807, 2.05) is 24.3 Å². The Bertz CT molecular complexity index is 623. The van der Waals surface area contributed by atoms with Gasteiger partial charge in [-0.2, -0.15) is 0 Å². The van der Waals surface area contributed by atoms with E-state index in [2.05, 4.69) is 22.0 Å². The van der Waals surface area contributed by atoms with Crippen LogP contribution in [-0.2, 0) is 0 Å². The zero-order valence-electron chi connectivity index (χ0n) is 17.9. The SMILES string of the molecule is CCNC(=NCCCOc1cccc(OC)c1)N1CCC(CN2CCCC2)C1.I. The number of nitrogens with zero attached hydrogens (tertiary/aromatic N) is 3. The first kappa shape index (κ1) is 24.1. The minimum absolute atomic E-state index is 0. The van der Waals surface area contributed by atoms with Crippen LogP contribution in [0.15, 0.2) is 29.3 Å². The second kappa shape index (κ2) is 13.2. The van der Waals surface area contributed by atoms with Crippen molar-refractivity contribution in [2.24, 2.45) is 10.9 Å². The Balaban J connectivity index is 0.00000300. The number of likely N-dealkylation sites (tertiary alicyclic amines) is 2. The Morgan fingerprint density at radius 1 is 1.21 bits per heavy atom. The van der Waals surface area contributed by atoms with Crippen LogP contribution in [0.25, 0.3) is 0 Å². The fraction of sp³-hybridized carbons (Fsp3) is 0.682. The summed E-state index contributed by atoms with van der Waals surface area (Å²) >= 11 is 0. The molecule has 1 aromatic rings. The van der Waals surface area contributed by atoms with E-state index in [0.29, 0.717) is 6.61 Å². The van der Waals surface area contributed by atoms with Crippen molar-refractivity contribution in [3.8, 4) is 11.5 Å². The molecule has 2 fully saturated rings. The molecule has 1 aromatic carbocycles. The Hall–Kier alpha value is -1.22. The Morgan fingerprint density at radius 2 is 2.00 bits per heavy atom. The first-order chi connectivity index (χ1) is 13.8. The molecule has 0 aliphatic carbocycles. The van der Waals surface area contributed by atoms with E-state index in [9.17, 15) is 0 Å². The second-order valence-corrected chi connectivity index (χ2v) is 7.73. The third-order valence-electron chi connectivity index (χ3n) is 5.51. The summed E-state index contributed by atoms with van der Waals surface area (Å²) in [5.41, 5.74) is 0. The number of halogens is 1. The fourth-order valence-corrected chi connectivity index (χ4v) is 4.06. The van der Waals surface area contributed by atoms with Crippen molar-refractivity contribution >= 4 is 29.9 Å². The van der Waals surface area contributed by atoms with Crippen molar-refractivity contribution in [3.05, 3.63) is 24.3 Å². The van der Waals surface area contributed by atoms with Gasteiger partial charge in [0.15, 0.2) is 5.96 Å². The predicted octanol–water partition coefficient (Wildman–Crippen LogP) is 3.47. The lowest BCUT2D eigenvalue weighted by atomic mass is 10.1. The van der Waals surface area contributed by atoms with Gasteiger partial charge in [0, 0.05) is 45.2 Å². The normalized spacial score (nSPS) is 19.9. The molecule has 2 heterocycles. The third kappa shape index (κ3) is 7.85. The smallest absolute Gasteiger partial charge is 0.193 e. The highest BCUT2D eigenvalue weighted by atomic mass is 127. The summed E-state index contributed by atoms with van der Waals surface area (Å²) in [7, 11) is 1.67. The summed E-state index contributed by atoms with van der Waals surface area (Å²) in [6.45, 7) is 10.6. The number of aliphatic imine (C=N–C) groups is 1. The lowest BCUT2D eigenvalue weighted by Crippen LogP contribution is -2.40. The van der Waals surface area contributed by atoms with Crippen molar-refractivity contribution in [2.45, 2.75) is 32.6 Å². The quantitative estimate of drug-likeness (QED) is 0.236. The molecule has 29 heavy (non-hydrogen) atoms. The Kier molecular flexibility index (Phi) is 10.9. The van der Waals surface area contributed by atoms with Crippen molar-refractivity contribution < 1.29 is 9.47 Å². The van der Waals surface area contributed by atoms with Crippen LogP contribution >= 0.6 is 24.0 Å². The highest BCUT2D eigenvalue weighted by Crippen LogP contribution is 2.20. The molecule has 0 bridgehead atoms. The monoisotopic (exact) mass is 516 g/mol. The highest BCUT2D eigenvalue weighted by molar-refractivity contribution is 14.0. The summed E-state index contributed by atoms with van der Waals surface area (Å²) in [5, 5.41) is 3.47. The number of hydrogen-bond donors (Lipinski definition) is 1. The van der Waals surface area contributed by atoms with Crippen LogP contribution in [0.1, 0.15) is 32.6 Å². The molecule has 0 amide bonds. The van der Waals surface area contributed by atoms with Gasteiger partial charge in [-0.05, 0) is 57.3 Å². The van der Waals surface area contributed by atoms with Crippen LogP contribution in [0.3, 0.4) is 0 Å². The van der Waals surface area contributed by atoms with Crippen LogP contribution in [0.5, 0.6) is 11.5 Å². The first-order valence-electron chi connectivity index (χ1n) is 10.8. The van der Waals surface area contributed by atoms with Crippen molar-refractivity contribution in [2.75, 3.05) is 59.5 Å². The second-order valence-electron chi connectivity index (χ2n) is 7.73. The van der Waals surface area contributed by atoms with E-state index in [1.54, 1.807) is 7.11 Å². The molecule has 0 spiro atoms.